The molecule has 21 heavy (non-hydrogen) atoms. The van der Waals surface area contributed by atoms with Crippen LogP contribution in [0.15, 0.2) is 0 Å². The van der Waals surface area contributed by atoms with Gasteiger partial charge in [-0.1, -0.05) is 40.0 Å². The van der Waals surface area contributed by atoms with Crippen LogP contribution in [0.3, 0.4) is 0 Å². The second-order valence-corrected chi connectivity index (χ2v) is 7.49. The lowest BCUT2D eigenvalue weighted by Gasteiger charge is -2.24. The summed E-state index contributed by atoms with van der Waals surface area (Å²) in [5.74, 6) is -0.364. The Kier molecular flexibility index (Phi) is 9.38. The van der Waals surface area contributed by atoms with Gasteiger partial charge in [0.25, 0.3) is 0 Å². The van der Waals surface area contributed by atoms with E-state index in [4.69, 9.17) is 14.5 Å². The highest BCUT2D eigenvalue weighted by Gasteiger charge is 2.28. The van der Waals surface area contributed by atoms with Gasteiger partial charge in [-0.05, 0) is 25.2 Å². The SMILES string of the molecule is CCCCCCC(C)OC(=O)CC(C)(C)COP(=O)(O)O. The smallest absolute Gasteiger partial charge is 0.463 e. The van der Waals surface area contributed by atoms with Gasteiger partial charge in [0.1, 0.15) is 0 Å². The molecule has 1 atom stereocenters. The fourth-order valence-electron chi connectivity index (χ4n) is 1.88. The summed E-state index contributed by atoms with van der Waals surface area (Å²) in [5, 5.41) is 0. The molecule has 0 aliphatic rings. The van der Waals surface area contributed by atoms with Gasteiger partial charge in [0, 0.05) is 0 Å². The number of unbranched alkanes of at least 4 members (excludes halogenated alkanes) is 3. The summed E-state index contributed by atoms with van der Waals surface area (Å²) < 4.78 is 20.4. The number of esters is 1. The van der Waals surface area contributed by atoms with Gasteiger partial charge in [0.15, 0.2) is 0 Å². The van der Waals surface area contributed by atoms with E-state index in [-0.39, 0.29) is 25.1 Å². The summed E-state index contributed by atoms with van der Waals surface area (Å²) >= 11 is 0. The van der Waals surface area contributed by atoms with Crippen molar-refractivity contribution in [3.63, 3.8) is 0 Å². The van der Waals surface area contributed by atoms with E-state index in [0.29, 0.717) is 0 Å². The van der Waals surface area contributed by atoms with Crippen molar-refractivity contribution in [3.8, 4) is 0 Å². The van der Waals surface area contributed by atoms with Gasteiger partial charge < -0.3 is 14.5 Å². The van der Waals surface area contributed by atoms with Crippen LogP contribution in [-0.2, 0) is 18.6 Å². The first kappa shape index (κ1) is 20.6. The van der Waals surface area contributed by atoms with E-state index in [1.165, 1.54) is 12.8 Å². The van der Waals surface area contributed by atoms with Crippen LogP contribution in [0.4, 0.5) is 0 Å². The Balaban J connectivity index is 4.02. The number of rotatable bonds is 11. The Morgan fingerprint density at radius 3 is 2.38 bits per heavy atom. The van der Waals surface area contributed by atoms with Crippen molar-refractivity contribution in [3.05, 3.63) is 0 Å². The second-order valence-electron chi connectivity index (χ2n) is 6.25. The third-order valence-electron chi connectivity index (χ3n) is 3.04. The maximum absolute atomic E-state index is 11.8. The molecule has 0 fully saturated rings. The summed E-state index contributed by atoms with van der Waals surface area (Å²) in [7, 11) is -4.51. The first-order chi connectivity index (χ1) is 9.56. The number of hydrogen-bond donors (Lipinski definition) is 2. The van der Waals surface area contributed by atoms with Crippen LogP contribution < -0.4 is 0 Å². The van der Waals surface area contributed by atoms with E-state index in [9.17, 15) is 9.36 Å². The highest BCUT2D eigenvalue weighted by molar-refractivity contribution is 7.46. The molecule has 126 valence electrons. The van der Waals surface area contributed by atoms with E-state index < -0.39 is 13.2 Å². The molecule has 0 radical (unpaired) electrons. The minimum absolute atomic E-state index is 0.0618. The summed E-state index contributed by atoms with van der Waals surface area (Å²) in [4.78, 5) is 29.2. The maximum atomic E-state index is 11.8. The van der Waals surface area contributed by atoms with Crippen LogP contribution in [0.25, 0.3) is 0 Å². The number of hydrogen-bond acceptors (Lipinski definition) is 4. The lowest BCUT2D eigenvalue weighted by Crippen LogP contribution is -2.26. The van der Waals surface area contributed by atoms with Crippen molar-refractivity contribution >= 4 is 13.8 Å². The molecule has 6 nitrogen and oxygen atoms in total. The molecule has 0 aliphatic heterocycles. The van der Waals surface area contributed by atoms with E-state index in [1.807, 2.05) is 6.92 Å². The molecule has 0 amide bonds. The zero-order valence-electron chi connectivity index (χ0n) is 13.5. The zero-order chi connectivity index (χ0) is 16.5. The fourth-order valence-corrected chi connectivity index (χ4v) is 2.40. The number of carbonyl (C=O) groups excluding carboxylic acids is 1. The molecule has 0 saturated heterocycles. The van der Waals surface area contributed by atoms with E-state index >= 15 is 0 Å². The van der Waals surface area contributed by atoms with Gasteiger partial charge in [-0.3, -0.25) is 9.32 Å². The molecule has 0 spiro atoms. The third-order valence-corrected chi connectivity index (χ3v) is 3.51. The molecule has 0 bridgehead atoms. The second kappa shape index (κ2) is 9.57. The van der Waals surface area contributed by atoms with Crippen molar-refractivity contribution in [1.82, 2.24) is 0 Å². The minimum Gasteiger partial charge on any atom is -0.463 e. The van der Waals surface area contributed by atoms with Crippen molar-refractivity contribution in [2.24, 2.45) is 5.41 Å². The Morgan fingerprint density at radius 1 is 1.24 bits per heavy atom. The van der Waals surface area contributed by atoms with Gasteiger partial charge in [0.05, 0.1) is 19.1 Å². The minimum atomic E-state index is -4.51. The molecule has 0 rings (SSSR count). The number of phosphoric acid groups is 1. The first-order valence-corrected chi connectivity index (χ1v) is 8.98. The van der Waals surface area contributed by atoms with Crippen molar-refractivity contribution in [2.75, 3.05) is 6.61 Å². The molecule has 0 aromatic rings. The van der Waals surface area contributed by atoms with Crippen LogP contribution in [0.1, 0.15) is 66.2 Å². The summed E-state index contributed by atoms with van der Waals surface area (Å²) in [5.41, 5.74) is -0.680. The molecule has 0 heterocycles. The normalized spacial score (nSPS) is 14.0. The average molecular weight is 324 g/mol. The van der Waals surface area contributed by atoms with E-state index in [2.05, 4.69) is 11.4 Å². The van der Waals surface area contributed by atoms with Gasteiger partial charge in [0.2, 0.25) is 0 Å². The molecule has 0 aromatic carbocycles. The summed E-state index contributed by atoms with van der Waals surface area (Å²) in [6.45, 7) is 7.22. The van der Waals surface area contributed by atoms with Crippen LogP contribution in [-0.4, -0.2) is 28.5 Å². The monoisotopic (exact) mass is 324 g/mol. The third kappa shape index (κ3) is 13.0. The average Bonchev–Trinajstić information content (AvgIpc) is 2.31. The molecule has 2 N–H and O–H groups in total. The first-order valence-electron chi connectivity index (χ1n) is 7.45. The van der Waals surface area contributed by atoms with Crippen LogP contribution >= 0.6 is 7.82 Å². The van der Waals surface area contributed by atoms with Gasteiger partial charge in [-0.15, -0.1) is 0 Å². The summed E-state index contributed by atoms with van der Waals surface area (Å²) in [6, 6.07) is 0. The fraction of sp³-hybridized carbons (Fsp3) is 0.929. The number of ether oxygens (including phenoxy) is 1. The Hall–Kier alpha value is -0.420. The number of carbonyl (C=O) groups is 1. The zero-order valence-corrected chi connectivity index (χ0v) is 14.4. The molecule has 0 aliphatic carbocycles. The standard InChI is InChI=1S/C14H29O6P/c1-5-6-7-8-9-12(2)20-13(15)10-14(3,4)11-19-21(16,17)18/h12H,5-11H2,1-4H3,(H2,16,17,18). The molecule has 0 saturated carbocycles. The largest absolute Gasteiger partial charge is 0.469 e. The van der Waals surface area contributed by atoms with Crippen LogP contribution in [0.2, 0.25) is 0 Å². The molecule has 1 unspecified atom stereocenters. The molecule has 0 aromatic heterocycles. The highest BCUT2D eigenvalue weighted by Crippen LogP contribution is 2.38. The predicted octanol–water partition coefficient (Wildman–Crippen LogP) is 3.41. The highest BCUT2D eigenvalue weighted by atomic mass is 31.2. The van der Waals surface area contributed by atoms with Crippen LogP contribution in [0, 0.1) is 5.41 Å². The Bertz CT molecular complexity index is 349. The molecular weight excluding hydrogens is 295 g/mol. The Morgan fingerprint density at radius 2 is 1.86 bits per heavy atom. The van der Waals surface area contributed by atoms with Crippen molar-refractivity contribution in [1.29, 1.82) is 0 Å². The quantitative estimate of drug-likeness (QED) is 0.344. The van der Waals surface area contributed by atoms with Crippen molar-refractivity contribution < 1.29 is 28.4 Å². The molecular formula is C14H29O6P. The van der Waals surface area contributed by atoms with E-state index in [1.54, 1.807) is 13.8 Å². The van der Waals surface area contributed by atoms with Gasteiger partial charge in [-0.25, -0.2) is 4.57 Å². The number of phosphoric ester groups is 1. The lowest BCUT2D eigenvalue weighted by molar-refractivity contribution is -0.151. The lowest BCUT2D eigenvalue weighted by atomic mass is 9.91. The predicted molar refractivity (Wildman–Crippen MR) is 80.7 cm³/mol. The van der Waals surface area contributed by atoms with Gasteiger partial charge >= 0.3 is 13.8 Å². The van der Waals surface area contributed by atoms with E-state index in [0.717, 1.165) is 19.3 Å². The topological polar surface area (TPSA) is 93.1 Å². The maximum Gasteiger partial charge on any atom is 0.469 e. The summed E-state index contributed by atoms with van der Waals surface area (Å²) in [6.07, 6.45) is 5.30. The molecule has 7 heteroatoms. The van der Waals surface area contributed by atoms with Gasteiger partial charge in [-0.2, -0.15) is 0 Å². The Labute approximate surface area is 127 Å². The van der Waals surface area contributed by atoms with Crippen LogP contribution in [0.5, 0.6) is 0 Å². The van der Waals surface area contributed by atoms with Crippen molar-refractivity contribution in [2.45, 2.75) is 72.3 Å².